The predicted octanol–water partition coefficient (Wildman–Crippen LogP) is 3.81. The fourth-order valence-electron chi connectivity index (χ4n) is 3.44. The molecule has 1 saturated heterocycles. The molecule has 0 atom stereocenters. The number of nitrogens with one attached hydrogen (secondary N) is 2. The van der Waals surface area contributed by atoms with Crippen molar-refractivity contribution in [2.45, 2.75) is 25.4 Å². The highest BCUT2D eigenvalue weighted by Gasteiger charge is 2.38. The minimum absolute atomic E-state index is 0.177. The lowest BCUT2D eigenvalue weighted by molar-refractivity contribution is -0.192. The van der Waals surface area contributed by atoms with Gasteiger partial charge in [-0.1, -0.05) is 29.8 Å². The van der Waals surface area contributed by atoms with Crippen molar-refractivity contribution < 1.29 is 27.9 Å². The number of carboxylic acid groups (broad SMARTS) is 1. The molecule has 1 amide bonds. The van der Waals surface area contributed by atoms with E-state index in [0.29, 0.717) is 28.1 Å². The number of pyridine rings is 1. The van der Waals surface area contributed by atoms with Gasteiger partial charge in [0.05, 0.1) is 5.02 Å². The van der Waals surface area contributed by atoms with Crippen LogP contribution in [0.4, 0.5) is 19.1 Å². The van der Waals surface area contributed by atoms with E-state index >= 15 is 0 Å². The number of fused-ring (bicyclic) bond motifs is 1. The molecule has 2 aromatic heterocycles. The Balaban J connectivity index is 0.000000383. The molecule has 1 aliphatic heterocycles. The first-order valence-electron chi connectivity index (χ1n) is 10.1. The zero-order valence-electron chi connectivity index (χ0n) is 17.3. The highest BCUT2D eigenvalue weighted by atomic mass is 35.5. The molecule has 0 spiro atoms. The molecule has 3 aromatic rings. The van der Waals surface area contributed by atoms with Gasteiger partial charge in [-0.25, -0.2) is 4.79 Å². The fraction of sp³-hybridized carbons (Fsp3) is 0.333. The van der Waals surface area contributed by atoms with Gasteiger partial charge in [-0.2, -0.15) is 13.2 Å². The highest BCUT2D eigenvalue weighted by Crippen LogP contribution is 2.22. The number of nitrogens with zero attached hydrogens (tertiary/aromatic N) is 3. The van der Waals surface area contributed by atoms with Gasteiger partial charge < -0.3 is 10.4 Å². The second-order valence-electron chi connectivity index (χ2n) is 7.41. The Kier molecular flexibility index (Phi) is 7.88. The number of carbonyl (C=O) groups is 2. The Morgan fingerprint density at radius 3 is 2.48 bits per heavy atom. The van der Waals surface area contributed by atoms with Gasteiger partial charge in [0.1, 0.15) is 0 Å². The Bertz CT molecular complexity index is 1130. The molecule has 3 N–H and O–H groups in total. The molecular weight excluding hydrogens is 463 g/mol. The van der Waals surface area contributed by atoms with Gasteiger partial charge in [0.25, 0.3) is 5.91 Å². The summed E-state index contributed by atoms with van der Waals surface area (Å²) in [6.45, 7) is 2.09. The van der Waals surface area contributed by atoms with Crippen LogP contribution < -0.4 is 10.6 Å². The summed E-state index contributed by atoms with van der Waals surface area (Å²) in [5.74, 6) is -1.96. The number of rotatable bonds is 4. The van der Waals surface area contributed by atoms with Crippen molar-refractivity contribution in [1.29, 1.82) is 0 Å². The Labute approximate surface area is 191 Å². The molecule has 0 saturated carbocycles. The van der Waals surface area contributed by atoms with Crippen molar-refractivity contribution in [2.24, 2.45) is 5.92 Å². The van der Waals surface area contributed by atoms with Gasteiger partial charge in [0.2, 0.25) is 5.95 Å². The number of benzene rings is 1. The minimum Gasteiger partial charge on any atom is -0.475 e. The summed E-state index contributed by atoms with van der Waals surface area (Å²) in [5.41, 5.74) is 2.39. The van der Waals surface area contributed by atoms with Crippen LogP contribution >= 0.6 is 11.6 Å². The third kappa shape index (κ3) is 6.65. The quantitative estimate of drug-likeness (QED) is 0.520. The minimum atomic E-state index is -5.08. The number of hydrogen-bond donors (Lipinski definition) is 3. The molecule has 1 aromatic carbocycles. The smallest absolute Gasteiger partial charge is 0.475 e. The molecular formula is C21H21ClF3N5O3. The number of piperidine rings is 1. The second kappa shape index (κ2) is 10.6. The number of alkyl halides is 3. The van der Waals surface area contributed by atoms with Crippen molar-refractivity contribution in [1.82, 2.24) is 19.9 Å². The summed E-state index contributed by atoms with van der Waals surface area (Å²) in [4.78, 5) is 21.8. The van der Waals surface area contributed by atoms with Crippen LogP contribution in [0.3, 0.4) is 0 Å². The van der Waals surface area contributed by atoms with Crippen molar-refractivity contribution in [2.75, 3.05) is 18.4 Å². The first kappa shape index (κ1) is 24.5. The summed E-state index contributed by atoms with van der Waals surface area (Å²) in [6, 6.07) is 11.3. The molecule has 33 heavy (non-hydrogen) atoms. The summed E-state index contributed by atoms with van der Waals surface area (Å²) in [7, 11) is 0. The van der Waals surface area contributed by atoms with Gasteiger partial charge in [0, 0.05) is 11.8 Å². The summed E-state index contributed by atoms with van der Waals surface area (Å²) >= 11 is 6.04. The molecule has 3 heterocycles. The predicted molar refractivity (Wildman–Crippen MR) is 115 cm³/mol. The van der Waals surface area contributed by atoms with Crippen LogP contribution in [0.1, 0.15) is 28.8 Å². The number of aromatic nitrogens is 3. The lowest BCUT2D eigenvalue weighted by atomic mass is 9.89. The van der Waals surface area contributed by atoms with E-state index < -0.39 is 12.1 Å². The number of anilines is 1. The summed E-state index contributed by atoms with van der Waals surface area (Å²) < 4.78 is 33.4. The van der Waals surface area contributed by atoms with E-state index in [1.807, 2.05) is 24.3 Å². The van der Waals surface area contributed by atoms with Crippen molar-refractivity contribution in [3.63, 3.8) is 0 Å². The monoisotopic (exact) mass is 483 g/mol. The van der Waals surface area contributed by atoms with Crippen molar-refractivity contribution in [3.05, 3.63) is 58.7 Å². The number of amides is 1. The molecule has 0 bridgehead atoms. The Morgan fingerprint density at radius 1 is 1.15 bits per heavy atom. The first-order chi connectivity index (χ1) is 15.6. The lowest BCUT2D eigenvalue weighted by Gasteiger charge is -2.23. The average Bonchev–Trinajstić information content (AvgIpc) is 3.16. The van der Waals surface area contributed by atoms with Crippen LogP contribution in [0.25, 0.3) is 5.65 Å². The summed E-state index contributed by atoms with van der Waals surface area (Å²) in [5, 5.41) is 22.0. The number of aliphatic carboxylic acids is 1. The zero-order valence-corrected chi connectivity index (χ0v) is 18.0. The number of halogens is 4. The fourth-order valence-corrected chi connectivity index (χ4v) is 3.60. The van der Waals surface area contributed by atoms with E-state index in [-0.39, 0.29) is 5.91 Å². The molecule has 0 aliphatic carbocycles. The molecule has 0 unspecified atom stereocenters. The van der Waals surface area contributed by atoms with Crippen LogP contribution in [0, 0.1) is 5.92 Å². The van der Waals surface area contributed by atoms with E-state index in [9.17, 15) is 18.0 Å². The van der Waals surface area contributed by atoms with E-state index in [1.54, 1.807) is 22.7 Å². The topological polar surface area (TPSA) is 109 Å². The second-order valence-corrected chi connectivity index (χ2v) is 7.85. The van der Waals surface area contributed by atoms with E-state index in [4.69, 9.17) is 21.5 Å². The number of carbonyl (C=O) groups excluding carboxylic acids is 1. The van der Waals surface area contributed by atoms with E-state index in [0.717, 1.165) is 37.9 Å². The van der Waals surface area contributed by atoms with Crippen molar-refractivity contribution >= 4 is 35.1 Å². The lowest BCUT2D eigenvalue weighted by Crippen LogP contribution is -2.29. The van der Waals surface area contributed by atoms with Crippen LogP contribution in [-0.2, 0) is 11.2 Å². The largest absolute Gasteiger partial charge is 0.490 e. The third-order valence-corrected chi connectivity index (χ3v) is 5.29. The Morgan fingerprint density at radius 2 is 1.82 bits per heavy atom. The van der Waals surface area contributed by atoms with Crippen LogP contribution in [0.2, 0.25) is 5.02 Å². The maximum Gasteiger partial charge on any atom is 0.490 e. The normalized spacial score (nSPS) is 14.4. The highest BCUT2D eigenvalue weighted by molar-refractivity contribution is 6.30. The zero-order chi connectivity index (χ0) is 24.0. The molecule has 4 rings (SSSR count). The number of hydrogen-bond acceptors (Lipinski definition) is 5. The maximum atomic E-state index is 12.9. The number of carboxylic acids is 1. The van der Waals surface area contributed by atoms with Gasteiger partial charge in [0.15, 0.2) is 5.65 Å². The SMILES string of the molecule is O=C(Nc1nnc2ccc(Cl)cn12)c1ccccc1CC1CCNCC1.O=C(O)C(F)(F)F. The molecule has 176 valence electrons. The van der Waals surface area contributed by atoms with Gasteiger partial charge >= 0.3 is 12.1 Å². The Hall–Kier alpha value is -3.18. The van der Waals surface area contributed by atoms with E-state index in [1.165, 1.54) is 0 Å². The molecule has 1 aliphatic rings. The molecule has 8 nitrogen and oxygen atoms in total. The van der Waals surface area contributed by atoms with Crippen molar-refractivity contribution in [3.8, 4) is 0 Å². The standard InChI is InChI=1S/C19H20ClN5O.C2HF3O2/c20-15-5-6-17-23-24-19(25(17)12-15)22-18(26)16-4-2-1-3-14(16)11-13-7-9-21-10-8-13;3-2(4,5)1(6)7/h1-6,12-13,21H,7-11H2,(H,22,24,26);(H,6,7). The van der Waals surface area contributed by atoms with Gasteiger partial charge in [-0.15, -0.1) is 10.2 Å². The van der Waals surface area contributed by atoms with Gasteiger partial charge in [-0.05, 0) is 62.0 Å². The van der Waals surface area contributed by atoms with Crippen LogP contribution in [0.5, 0.6) is 0 Å². The molecule has 0 radical (unpaired) electrons. The maximum absolute atomic E-state index is 12.9. The molecule has 1 fully saturated rings. The molecule has 12 heteroatoms. The first-order valence-corrected chi connectivity index (χ1v) is 10.4. The van der Waals surface area contributed by atoms with E-state index in [2.05, 4.69) is 20.8 Å². The third-order valence-electron chi connectivity index (χ3n) is 5.06. The average molecular weight is 484 g/mol. The van der Waals surface area contributed by atoms with Gasteiger partial charge in [-0.3, -0.25) is 14.5 Å². The van der Waals surface area contributed by atoms with Crippen LogP contribution in [0.15, 0.2) is 42.6 Å². The summed E-state index contributed by atoms with van der Waals surface area (Å²) in [6.07, 6.45) is -0.197. The van der Waals surface area contributed by atoms with Crippen LogP contribution in [-0.4, -0.2) is 50.8 Å².